The summed E-state index contributed by atoms with van der Waals surface area (Å²) in [5.74, 6) is 1.20. The van der Waals surface area contributed by atoms with Crippen LogP contribution in [0, 0.1) is 12.8 Å². The number of para-hydroxylation sites is 1. The minimum absolute atomic E-state index is 0.00856. The van der Waals surface area contributed by atoms with E-state index in [1.165, 1.54) is 12.8 Å². The molecule has 3 heterocycles. The number of aromatic amines is 1. The number of pyridine rings is 1. The van der Waals surface area contributed by atoms with Crippen molar-refractivity contribution in [1.82, 2.24) is 35.0 Å². The molecule has 2 fully saturated rings. The van der Waals surface area contributed by atoms with E-state index >= 15 is 0 Å². The highest BCUT2D eigenvalue weighted by atomic mass is 16.5. The van der Waals surface area contributed by atoms with Gasteiger partial charge in [-0.3, -0.25) is 14.6 Å². The first-order valence-corrected chi connectivity index (χ1v) is 13.4. The molecule has 5 rings (SSSR count). The molecular formula is C27H39N7O2. The van der Waals surface area contributed by atoms with Gasteiger partial charge in [-0.15, -0.1) is 5.10 Å². The molecule has 9 heteroatoms. The molecule has 9 nitrogen and oxygen atoms in total. The van der Waals surface area contributed by atoms with Gasteiger partial charge in [-0.25, -0.2) is 4.68 Å². The number of benzene rings is 1. The molecule has 36 heavy (non-hydrogen) atoms. The predicted molar refractivity (Wildman–Crippen MR) is 140 cm³/mol. The lowest BCUT2D eigenvalue weighted by atomic mass is 9.99. The first kappa shape index (κ1) is 25.0. The molecule has 2 aliphatic rings. The smallest absolute Gasteiger partial charge is 0.252 e. The summed E-state index contributed by atoms with van der Waals surface area (Å²) in [7, 11) is 0. The average Bonchev–Trinajstić information content (AvgIpc) is 3.56. The van der Waals surface area contributed by atoms with Gasteiger partial charge in [0.2, 0.25) is 0 Å². The molecular weight excluding hydrogens is 454 g/mol. The molecule has 1 N–H and O–H groups in total. The van der Waals surface area contributed by atoms with E-state index in [2.05, 4.69) is 61.0 Å². The molecule has 0 spiro atoms. The van der Waals surface area contributed by atoms with E-state index < -0.39 is 0 Å². The molecule has 1 aromatic carbocycles. The third kappa shape index (κ3) is 5.38. The first-order chi connectivity index (χ1) is 17.5. The van der Waals surface area contributed by atoms with Crippen molar-refractivity contribution < 1.29 is 4.74 Å². The molecule has 1 aliphatic heterocycles. The van der Waals surface area contributed by atoms with Crippen LogP contribution in [0.1, 0.15) is 68.6 Å². The van der Waals surface area contributed by atoms with Crippen LogP contribution in [0.25, 0.3) is 10.9 Å². The van der Waals surface area contributed by atoms with Crippen molar-refractivity contribution >= 4 is 10.9 Å². The molecule has 0 amide bonds. The van der Waals surface area contributed by atoms with Crippen molar-refractivity contribution in [3.63, 3.8) is 0 Å². The number of hydrogen-bond acceptors (Lipinski definition) is 7. The van der Waals surface area contributed by atoms with Gasteiger partial charge in [-0.2, -0.15) is 0 Å². The summed E-state index contributed by atoms with van der Waals surface area (Å²) in [6, 6.07) is 8.58. The minimum Gasteiger partial charge on any atom is -0.379 e. The second-order valence-electron chi connectivity index (χ2n) is 10.7. The van der Waals surface area contributed by atoms with Gasteiger partial charge in [0.05, 0.1) is 30.8 Å². The zero-order chi connectivity index (χ0) is 25.1. The maximum atomic E-state index is 13.2. The number of nitrogens with zero attached hydrogens (tertiary/aromatic N) is 6. The molecule has 3 aromatic rings. The quantitative estimate of drug-likeness (QED) is 0.488. The number of tetrazole rings is 1. The third-order valence-corrected chi connectivity index (χ3v) is 7.82. The van der Waals surface area contributed by atoms with Gasteiger partial charge in [0.15, 0.2) is 5.82 Å². The summed E-state index contributed by atoms with van der Waals surface area (Å²) in [5, 5.41) is 14.2. The number of hydrogen-bond donors (Lipinski definition) is 1. The van der Waals surface area contributed by atoms with E-state index in [1.54, 1.807) is 0 Å². The molecule has 0 bridgehead atoms. The molecule has 194 valence electrons. The van der Waals surface area contributed by atoms with E-state index in [4.69, 9.17) is 4.74 Å². The number of nitrogens with one attached hydrogen (secondary N) is 1. The normalized spacial score (nSPS) is 18.6. The largest absolute Gasteiger partial charge is 0.379 e. The Morgan fingerprint density at radius 3 is 2.72 bits per heavy atom. The Morgan fingerprint density at radius 1 is 1.19 bits per heavy atom. The van der Waals surface area contributed by atoms with Crippen molar-refractivity contribution in [2.45, 2.75) is 65.1 Å². The summed E-state index contributed by atoms with van der Waals surface area (Å²) < 4.78 is 7.63. The first-order valence-electron chi connectivity index (χ1n) is 13.4. The van der Waals surface area contributed by atoms with Crippen molar-refractivity contribution in [1.29, 1.82) is 0 Å². The zero-order valence-electron chi connectivity index (χ0n) is 21.8. The van der Waals surface area contributed by atoms with Crippen molar-refractivity contribution in [3.05, 3.63) is 51.6 Å². The van der Waals surface area contributed by atoms with E-state index in [0.29, 0.717) is 12.6 Å². The lowest BCUT2D eigenvalue weighted by molar-refractivity contribution is 0.0267. The fourth-order valence-electron chi connectivity index (χ4n) is 5.86. The predicted octanol–water partition coefficient (Wildman–Crippen LogP) is 3.47. The number of fused-ring (bicyclic) bond motifs is 1. The van der Waals surface area contributed by atoms with Crippen molar-refractivity contribution in [2.24, 2.45) is 5.92 Å². The molecule has 1 atom stereocenters. The van der Waals surface area contributed by atoms with E-state index in [9.17, 15) is 4.79 Å². The van der Waals surface area contributed by atoms with Crippen LogP contribution < -0.4 is 5.56 Å². The number of morpholine rings is 1. The van der Waals surface area contributed by atoms with E-state index in [1.807, 2.05) is 19.1 Å². The molecule has 1 saturated carbocycles. The van der Waals surface area contributed by atoms with E-state index in [-0.39, 0.29) is 17.5 Å². The highest BCUT2D eigenvalue weighted by Crippen LogP contribution is 2.34. The number of aromatic nitrogens is 5. The molecule has 0 unspecified atom stereocenters. The Bertz CT molecular complexity index is 1210. The maximum Gasteiger partial charge on any atom is 0.252 e. The van der Waals surface area contributed by atoms with Gasteiger partial charge in [-0.1, -0.05) is 44.9 Å². The minimum atomic E-state index is -0.0222. The van der Waals surface area contributed by atoms with Crippen LogP contribution in [0.3, 0.4) is 0 Å². The van der Waals surface area contributed by atoms with E-state index in [0.717, 1.165) is 80.1 Å². The van der Waals surface area contributed by atoms with Crippen LogP contribution in [0.15, 0.2) is 29.1 Å². The maximum absolute atomic E-state index is 13.2. The molecule has 1 aliphatic carbocycles. The monoisotopic (exact) mass is 493 g/mol. The second kappa shape index (κ2) is 11.2. The third-order valence-electron chi connectivity index (χ3n) is 7.82. The summed E-state index contributed by atoms with van der Waals surface area (Å²) >= 11 is 0. The van der Waals surface area contributed by atoms with Gasteiger partial charge < -0.3 is 9.72 Å². The number of H-pyrrole nitrogens is 1. The van der Waals surface area contributed by atoms with Crippen LogP contribution in [0.4, 0.5) is 0 Å². The zero-order valence-corrected chi connectivity index (χ0v) is 21.8. The number of rotatable bonds is 9. The summed E-state index contributed by atoms with van der Waals surface area (Å²) in [4.78, 5) is 21.2. The topological polar surface area (TPSA) is 92.2 Å². The van der Waals surface area contributed by atoms with Gasteiger partial charge in [-0.05, 0) is 53.1 Å². The van der Waals surface area contributed by atoms with Crippen LogP contribution in [0.5, 0.6) is 0 Å². The molecule has 0 radical (unpaired) electrons. The molecule has 1 saturated heterocycles. The van der Waals surface area contributed by atoms with Crippen LogP contribution in [-0.2, 0) is 11.3 Å². The lowest BCUT2D eigenvalue weighted by Gasteiger charge is -2.36. The Morgan fingerprint density at radius 2 is 1.97 bits per heavy atom. The highest BCUT2D eigenvalue weighted by Gasteiger charge is 2.33. The Labute approximate surface area is 212 Å². The van der Waals surface area contributed by atoms with Crippen molar-refractivity contribution in [3.8, 4) is 0 Å². The van der Waals surface area contributed by atoms with Crippen LogP contribution >= 0.6 is 0 Å². The Hall–Kier alpha value is -2.62. The SMILES string of the molecule is Cc1cccc2cc(CN(CCN3CCOCC3)[C@H](c3nnnn3C3CCCC3)C(C)C)c(=O)[nH]c12. The summed E-state index contributed by atoms with van der Waals surface area (Å²) in [6.07, 6.45) is 4.70. The van der Waals surface area contributed by atoms with Crippen LogP contribution in [0.2, 0.25) is 0 Å². The second-order valence-corrected chi connectivity index (χ2v) is 10.7. The van der Waals surface area contributed by atoms with Gasteiger partial charge in [0.25, 0.3) is 5.56 Å². The Kier molecular flexibility index (Phi) is 7.79. The fraction of sp³-hybridized carbons (Fsp3) is 0.630. The number of ether oxygens (including phenoxy) is 1. The number of aryl methyl sites for hydroxylation is 1. The standard InChI is InChI=1S/C27H39N7O2/c1-19(2)25(26-29-30-31-34(26)23-9-4-5-10-23)33(12-11-32-13-15-36-16-14-32)18-22-17-21-8-6-7-20(3)24(21)28-27(22)35/h6-8,17,19,23,25H,4-5,9-16,18H2,1-3H3,(H,28,35)/t25-/m0/s1. The Balaban J connectivity index is 1.49. The molecule has 2 aromatic heterocycles. The summed E-state index contributed by atoms with van der Waals surface area (Å²) in [5.41, 5.74) is 2.75. The highest BCUT2D eigenvalue weighted by molar-refractivity contribution is 5.81. The average molecular weight is 494 g/mol. The van der Waals surface area contributed by atoms with Gasteiger partial charge in [0.1, 0.15) is 0 Å². The van der Waals surface area contributed by atoms with Crippen LogP contribution in [-0.4, -0.2) is 74.4 Å². The fourth-order valence-corrected chi connectivity index (χ4v) is 5.86. The summed E-state index contributed by atoms with van der Waals surface area (Å²) in [6.45, 7) is 12.2. The lowest BCUT2D eigenvalue weighted by Crippen LogP contribution is -2.44. The van der Waals surface area contributed by atoms with Gasteiger partial charge in [0, 0.05) is 38.3 Å². The van der Waals surface area contributed by atoms with Gasteiger partial charge >= 0.3 is 0 Å². The van der Waals surface area contributed by atoms with Crippen molar-refractivity contribution in [2.75, 3.05) is 39.4 Å².